The molecule has 0 saturated carbocycles. The Morgan fingerprint density at radius 1 is 1.37 bits per heavy atom. The third-order valence-corrected chi connectivity index (χ3v) is 4.02. The average molecular weight is 262 g/mol. The van der Waals surface area contributed by atoms with Crippen molar-refractivity contribution in [2.45, 2.75) is 37.8 Å². The smallest absolute Gasteiger partial charge is 0.0702 e. The van der Waals surface area contributed by atoms with E-state index in [2.05, 4.69) is 42.3 Å². The van der Waals surface area contributed by atoms with E-state index >= 15 is 0 Å². The first-order valence-electron chi connectivity index (χ1n) is 7.35. The Hall–Kier alpha value is -0.900. The lowest BCUT2D eigenvalue weighted by molar-refractivity contribution is 0.0677. The van der Waals surface area contributed by atoms with Gasteiger partial charge in [-0.1, -0.05) is 30.3 Å². The van der Waals surface area contributed by atoms with Gasteiger partial charge in [-0.05, 0) is 38.3 Å². The highest BCUT2D eigenvalue weighted by Crippen LogP contribution is 2.15. The summed E-state index contributed by atoms with van der Waals surface area (Å²) in [4.78, 5) is 2.37. The van der Waals surface area contributed by atoms with Crippen molar-refractivity contribution in [2.75, 3.05) is 26.7 Å². The van der Waals surface area contributed by atoms with Crippen molar-refractivity contribution >= 4 is 0 Å². The van der Waals surface area contributed by atoms with Crippen LogP contribution >= 0.6 is 0 Å². The summed E-state index contributed by atoms with van der Waals surface area (Å²) in [5, 5.41) is 0. The van der Waals surface area contributed by atoms with E-state index in [0.717, 1.165) is 32.5 Å². The van der Waals surface area contributed by atoms with E-state index in [1.54, 1.807) is 0 Å². The van der Waals surface area contributed by atoms with Gasteiger partial charge in [0.05, 0.1) is 6.10 Å². The second-order valence-electron chi connectivity index (χ2n) is 5.49. The summed E-state index contributed by atoms with van der Waals surface area (Å²) in [7, 11) is 2.17. The topological polar surface area (TPSA) is 38.5 Å². The zero-order valence-corrected chi connectivity index (χ0v) is 11.9. The van der Waals surface area contributed by atoms with Crippen LogP contribution in [0.2, 0.25) is 0 Å². The molecule has 0 radical (unpaired) electrons. The normalized spacial score (nSPS) is 20.9. The number of aryl methyl sites for hydroxylation is 1. The van der Waals surface area contributed by atoms with E-state index in [4.69, 9.17) is 10.5 Å². The number of hydrogen-bond acceptors (Lipinski definition) is 3. The molecule has 2 atom stereocenters. The molecule has 1 aromatic rings. The van der Waals surface area contributed by atoms with Gasteiger partial charge >= 0.3 is 0 Å². The van der Waals surface area contributed by atoms with Gasteiger partial charge in [0.2, 0.25) is 0 Å². The number of rotatable bonds is 7. The third kappa shape index (κ3) is 4.60. The Labute approximate surface area is 116 Å². The van der Waals surface area contributed by atoms with Crippen molar-refractivity contribution < 1.29 is 4.74 Å². The Balaban J connectivity index is 1.78. The minimum atomic E-state index is 0.413. The lowest BCUT2D eigenvalue weighted by Gasteiger charge is -2.29. The maximum Gasteiger partial charge on any atom is 0.0702 e. The molecule has 0 amide bonds. The molecule has 1 saturated heterocycles. The molecule has 3 nitrogen and oxygen atoms in total. The van der Waals surface area contributed by atoms with E-state index in [1.165, 1.54) is 18.4 Å². The van der Waals surface area contributed by atoms with Gasteiger partial charge in [0, 0.05) is 25.7 Å². The van der Waals surface area contributed by atoms with Crippen molar-refractivity contribution in [3.8, 4) is 0 Å². The summed E-state index contributed by atoms with van der Waals surface area (Å²) >= 11 is 0. The summed E-state index contributed by atoms with van der Waals surface area (Å²) in [5.41, 5.74) is 7.32. The number of ether oxygens (including phenoxy) is 1. The fraction of sp³-hybridized carbons (Fsp3) is 0.625. The molecule has 0 aliphatic carbocycles. The summed E-state index contributed by atoms with van der Waals surface area (Å²) < 4.78 is 5.70. The van der Waals surface area contributed by atoms with Crippen LogP contribution in [0.15, 0.2) is 30.3 Å². The SMILES string of the molecule is CN(CC1CCCO1)C(CN)CCc1ccccc1. The van der Waals surface area contributed by atoms with Crippen LogP contribution in [0, 0.1) is 0 Å². The second-order valence-corrected chi connectivity index (χ2v) is 5.49. The molecule has 2 unspecified atom stereocenters. The van der Waals surface area contributed by atoms with Crippen LogP contribution in [0.3, 0.4) is 0 Å². The molecule has 2 rings (SSSR count). The molecule has 1 aliphatic rings. The van der Waals surface area contributed by atoms with E-state index in [9.17, 15) is 0 Å². The third-order valence-electron chi connectivity index (χ3n) is 4.02. The van der Waals surface area contributed by atoms with Crippen LogP contribution in [0.5, 0.6) is 0 Å². The molecular weight excluding hydrogens is 236 g/mol. The molecule has 1 fully saturated rings. The van der Waals surface area contributed by atoms with Crippen molar-refractivity contribution in [1.82, 2.24) is 4.90 Å². The van der Waals surface area contributed by atoms with Crippen LogP contribution in [-0.2, 0) is 11.2 Å². The highest BCUT2D eigenvalue weighted by molar-refractivity contribution is 5.14. The molecule has 0 bridgehead atoms. The first kappa shape index (κ1) is 14.5. The fourth-order valence-corrected chi connectivity index (χ4v) is 2.75. The van der Waals surface area contributed by atoms with Crippen molar-refractivity contribution in [3.63, 3.8) is 0 Å². The zero-order chi connectivity index (χ0) is 13.5. The number of nitrogens with zero attached hydrogens (tertiary/aromatic N) is 1. The molecule has 0 aromatic heterocycles. The van der Waals surface area contributed by atoms with Crippen molar-refractivity contribution in [3.05, 3.63) is 35.9 Å². The van der Waals surface area contributed by atoms with E-state index in [-0.39, 0.29) is 0 Å². The van der Waals surface area contributed by atoms with Crippen LogP contribution in [0.4, 0.5) is 0 Å². The molecular formula is C16H26N2O. The molecule has 1 aliphatic heterocycles. The largest absolute Gasteiger partial charge is 0.377 e. The molecule has 1 aromatic carbocycles. The summed E-state index contributed by atoms with van der Waals surface area (Å²) in [6.07, 6.45) is 5.02. The average Bonchev–Trinajstić information content (AvgIpc) is 2.93. The number of likely N-dealkylation sites (N-methyl/N-ethyl adjacent to an activating group) is 1. The second kappa shape index (κ2) is 7.63. The molecule has 19 heavy (non-hydrogen) atoms. The zero-order valence-electron chi connectivity index (χ0n) is 11.9. The molecule has 2 N–H and O–H groups in total. The molecule has 106 valence electrons. The lowest BCUT2D eigenvalue weighted by Crippen LogP contribution is -2.42. The maximum absolute atomic E-state index is 5.93. The first-order valence-corrected chi connectivity index (χ1v) is 7.35. The van der Waals surface area contributed by atoms with E-state index in [0.29, 0.717) is 12.1 Å². The van der Waals surface area contributed by atoms with E-state index < -0.39 is 0 Å². The van der Waals surface area contributed by atoms with Gasteiger partial charge in [0.1, 0.15) is 0 Å². The highest BCUT2D eigenvalue weighted by Gasteiger charge is 2.21. The van der Waals surface area contributed by atoms with Gasteiger partial charge in [0.15, 0.2) is 0 Å². The van der Waals surface area contributed by atoms with Gasteiger partial charge in [-0.3, -0.25) is 4.90 Å². The molecule has 0 spiro atoms. The highest BCUT2D eigenvalue weighted by atomic mass is 16.5. The van der Waals surface area contributed by atoms with Crippen molar-refractivity contribution in [2.24, 2.45) is 5.73 Å². The van der Waals surface area contributed by atoms with Gasteiger partial charge < -0.3 is 10.5 Å². The minimum absolute atomic E-state index is 0.413. The minimum Gasteiger partial charge on any atom is -0.377 e. The van der Waals surface area contributed by atoms with Gasteiger partial charge in [0.25, 0.3) is 0 Å². The van der Waals surface area contributed by atoms with Crippen molar-refractivity contribution in [1.29, 1.82) is 0 Å². The van der Waals surface area contributed by atoms with E-state index in [1.807, 2.05) is 0 Å². The summed E-state index contributed by atoms with van der Waals surface area (Å²) in [6, 6.07) is 11.1. The first-order chi connectivity index (χ1) is 9.29. The number of benzene rings is 1. The Morgan fingerprint density at radius 3 is 2.79 bits per heavy atom. The van der Waals surface area contributed by atoms with Crippen LogP contribution in [-0.4, -0.2) is 43.8 Å². The summed E-state index contributed by atoms with van der Waals surface area (Å²) in [5.74, 6) is 0. The Bertz CT molecular complexity index is 349. The van der Waals surface area contributed by atoms with Crippen LogP contribution < -0.4 is 5.73 Å². The van der Waals surface area contributed by atoms with Gasteiger partial charge in [-0.2, -0.15) is 0 Å². The number of nitrogens with two attached hydrogens (primary N) is 1. The Kier molecular flexibility index (Phi) is 5.83. The fourth-order valence-electron chi connectivity index (χ4n) is 2.75. The van der Waals surface area contributed by atoms with Gasteiger partial charge in [-0.25, -0.2) is 0 Å². The maximum atomic E-state index is 5.93. The monoisotopic (exact) mass is 262 g/mol. The molecule has 3 heteroatoms. The predicted octanol–water partition coefficient (Wildman–Crippen LogP) is 2.06. The number of hydrogen-bond donors (Lipinski definition) is 1. The predicted molar refractivity (Wildman–Crippen MR) is 79.2 cm³/mol. The quantitative estimate of drug-likeness (QED) is 0.817. The van der Waals surface area contributed by atoms with Crippen LogP contribution in [0.1, 0.15) is 24.8 Å². The standard InChI is InChI=1S/C16H26N2O/c1-18(13-16-8-5-11-19-16)15(12-17)10-9-14-6-3-2-4-7-14/h2-4,6-7,15-16H,5,8-13,17H2,1H3. The molecule has 1 heterocycles. The lowest BCUT2D eigenvalue weighted by atomic mass is 10.0. The summed E-state index contributed by atoms with van der Waals surface area (Å²) in [6.45, 7) is 2.66. The van der Waals surface area contributed by atoms with Crippen LogP contribution in [0.25, 0.3) is 0 Å². The van der Waals surface area contributed by atoms with Gasteiger partial charge in [-0.15, -0.1) is 0 Å². The Morgan fingerprint density at radius 2 is 2.16 bits per heavy atom.